The maximum atomic E-state index is 12.8. The van der Waals surface area contributed by atoms with Crippen molar-refractivity contribution in [3.8, 4) is 0 Å². The van der Waals surface area contributed by atoms with E-state index >= 15 is 0 Å². The van der Waals surface area contributed by atoms with Gasteiger partial charge in [0, 0.05) is 28.8 Å². The van der Waals surface area contributed by atoms with Crippen LogP contribution in [-0.2, 0) is 19.1 Å². The predicted molar refractivity (Wildman–Crippen MR) is 94.1 cm³/mol. The standard InChI is InChI=1S/C19H18Cl2O5/c20-6-5-13(17(22)9-1-3-11(21)4-2-9)25-18(23)15-10-7-12-14(8-10)26-19(24)16(12)15/h1-4,10,12-16H,5-8H2/t10-,12-,13-,14-,15+,16+/m1/s1. The van der Waals surface area contributed by atoms with Crippen LogP contribution in [0.1, 0.15) is 29.6 Å². The Balaban J connectivity index is 1.50. The Labute approximate surface area is 160 Å². The molecule has 0 spiro atoms. The molecule has 5 nitrogen and oxygen atoms in total. The normalized spacial score (nSPS) is 32.4. The molecule has 138 valence electrons. The van der Waals surface area contributed by atoms with Crippen LogP contribution in [0.5, 0.6) is 0 Å². The lowest BCUT2D eigenvalue weighted by Crippen LogP contribution is -2.37. The Morgan fingerprint density at radius 2 is 1.96 bits per heavy atom. The Morgan fingerprint density at radius 3 is 2.65 bits per heavy atom. The van der Waals surface area contributed by atoms with E-state index in [-0.39, 0.29) is 42.0 Å². The molecule has 0 unspecified atom stereocenters. The third kappa shape index (κ3) is 2.91. The molecule has 6 atom stereocenters. The summed E-state index contributed by atoms with van der Waals surface area (Å²) in [4.78, 5) is 37.6. The number of rotatable bonds is 6. The molecule has 0 amide bonds. The molecule has 0 aromatic heterocycles. The fourth-order valence-electron chi connectivity index (χ4n) is 4.69. The van der Waals surface area contributed by atoms with Crippen molar-refractivity contribution < 1.29 is 23.9 Å². The third-order valence-electron chi connectivity index (χ3n) is 5.81. The number of fused-ring (bicyclic) bond motifs is 1. The zero-order chi connectivity index (χ0) is 18.4. The number of ketones is 1. The number of hydrogen-bond donors (Lipinski definition) is 0. The molecule has 1 aliphatic heterocycles. The molecule has 2 bridgehead atoms. The molecule has 3 aliphatic rings. The van der Waals surface area contributed by atoms with Gasteiger partial charge in [0.05, 0.1) is 11.8 Å². The van der Waals surface area contributed by atoms with Gasteiger partial charge in [0.25, 0.3) is 0 Å². The van der Waals surface area contributed by atoms with Gasteiger partial charge in [-0.25, -0.2) is 0 Å². The lowest BCUT2D eigenvalue weighted by Gasteiger charge is -2.25. The van der Waals surface area contributed by atoms with Crippen LogP contribution >= 0.6 is 23.2 Å². The molecule has 7 heteroatoms. The Morgan fingerprint density at radius 1 is 1.23 bits per heavy atom. The van der Waals surface area contributed by atoms with Gasteiger partial charge in [-0.1, -0.05) is 11.6 Å². The second-order valence-corrected chi connectivity index (χ2v) is 8.01. The van der Waals surface area contributed by atoms with Crippen LogP contribution in [0.15, 0.2) is 24.3 Å². The topological polar surface area (TPSA) is 69.7 Å². The smallest absolute Gasteiger partial charge is 0.310 e. The van der Waals surface area contributed by atoms with Crippen molar-refractivity contribution in [2.45, 2.75) is 31.5 Å². The molecule has 3 fully saturated rings. The van der Waals surface area contributed by atoms with Crippen LogP contribution in [0.3, 0.4) is 0 Å². The summed E-state index contributed by atoms with van der Waals surface area (Å²) in [6.07, 6.45) is 0.724. The second kappa shape index (κ2) is 6.86. The lowest BCUT2D eigenvalue weighted by atomic mass is 9.80. The highest BCUT2D eigenvalue weighted by Gasteiger charge is 2.64. The summed E-state index contributed by atoms with van der Waals surface area (Å²) in [5.41, 5.74) is 0.408. The van der Waals surface area contributed by atoms with Gasteiger partial charge in [-0.2, -0.15) is 0 Å². The summed E-state index contributed by atoms with van der Waals surface area (Å²) in [6.45, 7) is 0. The molecule has 1 aromatic carbocycles. The molecule has 26 heavy (non-hydrogen) atoms. The van der Waals surface area contributed by atoms with Gasteiger partial charge in [-0.15, -0.1) is 11.6 Å². The fraction of sp³-hybridized carbons (Fsp3) is 0.526. The number of halogens is 2. The van der Waals surface area contributed by atoms with Gasteiger partial charge in [-0.3, -0.25) is 14.4 Å². The average molecular weight is 397 g/mol. The maximum absolute atomic E-state index is 12.8. The Hall–Kier alpha value is -1.59. The molecule has 1 aromatic rings. The van der Waals surface area contributed by atoms with E-state index in [4.69, 9.17) is 32.7 Å². The van der Waals surface area contributed by atoms with Crippen molar-refractivity contribution >= 4 is 40.9 Å². The van der Waals surface area contributed by atoms with Crippen LogP contribution in [0, 0.1) is 23.7 Å². The molecule has 4 rings (SSSR count). The van der Waals surface area contributed by atoms with Crippen LogP contribution in [0.4, 0.5) is 0 Å². The number of hydrogen-bond acceptors (Lipinski definition) is 5. The number of alkyl halides is 1. The summed E-state index contributed by atoms with van der Waals surface area (Å²) in [5.74, 6) is -1.65. The first-order valence-corrected chi connectivity index (χ1v) is 9.67. The lowest BCUT2D eigenvalue weighted by molar-refractivity contribution is -0.158. The highest BCUT2D eigenvalue weighted by atomic mass is 35.5. The van der Waals surface area contributed by atoms with E-state index in [9.17, 15) is 14.4 Å². The summed E-state index contributed by atoms with van der Waals surface area (Å²) in [5, 5.41) is 0.517. The maximum Gasteiger partial charge on any atom is 0.310 e. The van der Waals surface area contributed by atoms with Gasteiger partial charge in [0.2, 0.25) is 5.78 Å². The number of esters is 2. The molecule has 1 heterocycles. The largest absolute Gasteiger partial charge is 0.462 e. The van der Waals surface area contributed by atoms with Crippen LogP contribution in [0.2, 0.25) is 5.02 Å². The fourth-order valence-corrected chi connectivity index (χ4v) is 5.01. The first-order valence-electron chi connectivity index (χ1n) is 8.76. The first-order chi connectivity index (χ1) is 12.5. The number of ether oxygens (including phenoxy) is 2. The molecule has 2 saturated carbocycles. The van der Waals surface area contributed by atoms with Crippen molar-refractivity contribution in [3.05, 3.63) is 34.9 Å². The SMILES string of the molecule is O=C(O[C@H](CCCl)C(=O)c1ccc(Cl)cc1)[C@H]1[C@@H]2C[C@H]3[C@@H]1C(=O)O[C@@H]3C2. The quantitative estimate of drug-likeness (QED) is 0.419. The summed E-state index contributed by atoms with van der Waals surface area (Å²) < 4.78 is 10.9. The highest BCUT2D eigenvalue weighted by Crippen LogP contribution is 2.58. The number of carbonyl (C=O) groups is 3. The minimum absolute atomic E-state index is 0.0455. The zero-order valence-electron chi connectivity index (χ0n) is 13.9. The Bertz CT molecular complexity index is 745. The van der Waals surface area contributed by atoms with Crippen LogP contribution in [0.25, 0.3) is 0 Å². The number of benzene rings is 1. The van der Waals surface area contributed by atoms with E-state index in [1.807, 2.05) is 0 Å². The molecule has 1 saturated heterocycles. The Kier molecular flexibility index (Phi) is 4.70. The average Bonchev–Trinajstić information content (AvgIpc) is 3.23. The first kappa shape index (κ1) is 17.8. The number of Topliss-reactive ketones (excluding diaryl/α,β-unsaturated/α-hetero) is 1. The minimum atomic E-state index is -0.964. The van der Waals surface area contributed by atoms with Crippen molar-refractivity contribution in [2.24, 2.45) is 23.7 Å². The predicted octanol–water partition coefficient (Wildman–Crippen LogP) is 3.26. The van der Waals surface area contributed by atoms with E-state index in [1.165, 1.54) is 0 Å². The van der Waals surface area contributed by atoms with Gasteiger partial charge >= 0.3 is 11.9 Å². The molecule has 0 N–H and O–H groups in total. The van der Waals surface area contributed by atoms with E-state index < -0.39 is 23.9 Å². The highest BCUT2D eigenvalue weighted by molar-refractivity contribution is 6.30. The molecular weight excluding hydrogens is 379 g/mol. The van der Waals surface area contributed by atoms with Gasteiger partial charge in [0.15, 0.2) is 6.10 Å². The van der Waals surface area contributed by atoms with Gasteiger partial charge in [0.1, 0.15) is 6.10 Å². The van der Waals surface area contributed by atoms with E-state index in [2.05, 4.69) is 0 Å². The van der Waals surface area contributed by atoms with Crippen molar-refractivity contribution in [1.82, 2.24) is 0 Å². The number of carbonyl (C=O) groups excluding carboxylic acids is 3. The van der Waals surface area contributed by atoms with Crippen molar-refractivity contribution in [2.75, 3.05) is 5.88 Å². The van der Waals surface area contributed by atoms with Crippen molar-refractivity contribution in [1.29, 1.82) is 0 Å². The second-order valence-electron chi connectivity index (χ2n) is 7.20. The van der Waals surface area contributed by atoms with E-state index in [0.29, 0.717) is 17.0 Å². The summed E-state index contributed by atoms with van der Waals surface area (Å²) in [7, 11) is 0. The van der Waals surface area contributed by atoms with E-state index in [0.717, 1.165) is 6.42 Å². The molecular formula is C19H18Cl2O5. The zero-order valence-corrected chi connectivity index (χ0v) is 15.4. The summed E-state index contributed by atoms with van der Waals surface area (Å²) >= 11 is 11.7. The molecule has 2 aliphatic carbocycles. The summed E-state index contributed by atoms with van der Waals surface area (Å²) in [6, 6.07) is 6.41. The monoisotopic (exact) mass is 396 g/mol. The van der Waals surface area contributed by atoms with E-state index in [1.54, 1.807) is 24.3 Å². The minimum Gasteiger partial charge on any atom is -0.462 e. The van der Waals surface area contributed by atoms with Crippen molar-refractivity contribution in [3.63, 3.8) is 0 Å². The van der Waals surface area contributed by atoms with Gasteiger partial charge < -0.3 is 9.47 Å². The van der Waals surface area contributed by atoms with Crippen LogP contribution < -0.4 is 0 Å². The van der Waals surface area contributed by atoms with Crippen LogP contribution in [-0.4, -0.2) is 35.8 Å². The third-order valence-corrected chi connectivity index (χ3v) is 6.28. The molecule has 0 radical (unpaired) electrons. The van der Waals surface area contributed by atoms with Gasteiger partial charge in [-0.05, 0) is 43.0 Å².